The average Bonchev–Trinajstić information content (AvgIpc) is 3.44. The molecule has 0 aliphatic carbocycles. The van der Waals surface area contributed by atoms with E-state index in [1.807, 2.05) is 0 Å². The first-order chi connectivity index (χ1) is 17.2. The number of ether oxygens (including phenoxy) is 1. The third kappa shape index (κ3) is 6.03. The lowest BCUT2D eigenvalue weighted by Crippen LogP contribution is -2.35. The topological polar surface area (TPSA) is 113 Å². The quantitative estimate of drug-likeness (QED) is 0.476. The second-order valence-electron chi connectivity index (χ2n) is 8.79. The molecule has 0 unspecified atom stereocenters. The molecule has 2 aliphatic rings. The highest BCUT2D eigenvalue weighted by atomic mass is 35.5. The molecule has 36 heavy (non-hydrogen) atoms. The maximum Gasteiger partial charge on any atom is 0.252 e. The van der Waals surface area contributed by atoms with Crippen LogP contribution in [0.2, 0.25) is 5.02 Å². The number of rotatable bonds is 9. The molecule has 0 aromatic heterocycles. The van der Waals surface area contributed by atoms with Crippen molar-refractivity contribution in [1.82, 2.24) is 13.9 Å². The van der Waals surface area contributed by atoms with Crippen molar-refractivity contribution in [3.63, 3.8) is 0 Å². The fourth-order valence-electron chi connectivity index (χ4n) is 4.31. The van der Waals surface area contributed by atoms with Crippen LogP contribution < -0.4 is 10.1 Å². The van der Waals surface area contributed by atoms with Crippen molar-refractivity contribution < 1.29 is 26.4 Å². The van der Waals surface area contributed by atoms with E-state index < -0.39 is 26.0 Å². The maximum absolute atomic E-state index is 12.9. The molecular formula is C24H30ClN3O6S2. The summed E-state index contributed by atoms with van der Waals surface area (Å²) in [6.45, 7) is 2.29. The van der Waals surface area contributed by atoms with Crippen LogP contribution in [0.25, 0.3) is 0 Å². The van der Waals surface area contributed by atoms with Crippen LogP contribution in [-0.2, 0) is 20.0 Å². The number of carbonyl (C=O) groups is 1. The number of hydrogen-bond acceptors (Lipinski definition) is 6. The zero-order valence-corrected chi connectivity index (χ0v) is 22.2. The van der Waals surface area contributed by atoms with E-state index in [1.54, 1.807) is 12.1 Å². The van der Waals surface area contributed by atoms with Crippen LogP contribution in [0, 0.1) is 0 Å². The first-order valence-corrected chi connectivity index (χ1v) is 15.3. The molecule has 12 heteroatoms. The van der Waals surface area contributed by atoms with Gasteiger partial charge in [-0.2, -0.15) is 8.61 Å². The normalized spacial score (nSPS) is 17.7. The summed E-state index contributed by atoms with van der Waals surface area (Å²) in [4.78, 5) is 12.9. The van der Waals surface area contributed by atoms with Crippen molar-refractivity contribution in [3.8, 4) is 5.75 Å². The van der Waals surface area contributed by atoms with Crippen LogP contribution in [-0.4, -0.2) is 70.7 Å². The van der Waals surface area contributed by atoms with Crippen LogP contribution >= 0.6 is 11.6 Å². The van der Waals surface area contributed by atoms with E-state index in [1.165, 1.54) is 38.9 Å². The van der Waals surface area contributed by atoms with Crippen LogP contribution in [0.15, 0.2) is 52.3 Å². The number of sulfonamides is 2. The van der Waals surface area contributed by atoms with Crippen LogP contribution in [0.3, 0.4) is 0 Å². The molecule has 1 N–H and O–H groups in total. The highest BCUT2D eigenvalue weighted by molar-refractivity contribution is 7.89. The Hall–Kier alpha value is -2.18. The van der Waals surface area contributed by atoms with E-state index in [4.69, 9.17) is 16.3 Å². The molecule has 4 rings (SSSR count). The van der Waals surface area contributed by atoms with Crippen molar-refractivity contribution in [2.45, 2.75) is 41.9 Å². The van der Waals surface area contributed by atoms with E-state index >= 15 is 0 Å². The zero-order chi connectivity index (χ0) is 25.8. The lowest BCUT2D eigenvalue weighted by Gasteiger charge is -2.26. The fourth-order valence-corrected chi connectivity index (χ4v) is 7.57. The van der Waals surface area contributed by atoms with Gasteiger partial charge in [0.25, 0.3) is 5.91 Å². The van der Waals surface area contributed by atoms with E-state index in [-0.39, 0.29) is 33.5 Å². The molecular weight excluding hydrogens is 526 g/mol. The minimum atomic E-state index is -3.69. The number of nitrogens with one attached hydrogen (secondary N) is 1. The predicted molar refractivity (Wildman–Crippen MR) is 136 cm³/mol. The Morgan fingerprint density at radius 1 is 0.806 bits per heavy atom. The van der Waals surface area contributed by atoms with E-state index in [0.29, 0.717) is 31.9 Å². The first-order valence-electron chi connectivity index (χ1n) is 12.0. The van der Waals surface area contributed by atoms with Crippen molar-refractivity contribution >= 4 is 37.6 Å². The van der Waals surface area contributed by atoms with Gasteiger partial charge in [0.05, 0.1) is 26.9 Å². The Morgan fingerprint density at radius 3 is 1.94 bits per heavy atom. The third-order valence-corrected chi connectivity index (χ3v) is 10.5. The summed E-state index contributed by atoms with van der Waals surface area (Å²) in [5, 5.41) is 2.84. The highest BCUT2D eigenvalue weighted by Crippen LogP contribution is 2.25. The van der Waals surface area contributed by atoms with Gasteiger partial charge >= 0.3 is 0 Å². The summed E-state index contributed by atoms with van der Waals surface area (Å²) < 4.78 is 59.6. The number of hydrogen-bond donors (Lipinski definition) is 1. The predicted octanol–water partition coefficient (Wildman–Crippen LogP) is 3.11. The largest absolute Gasteiger partial charge is 0.492 e. The molecule has 0 spiro atoms. The molecule has 0 saturated carbocycles. The van der Waals surface area contributed by atoms with Gasteiger partial charge in [-0.05, 0) is 68.1 Å². The Kier molecular flexibility index (Phi) is 8.56. The van der Waals surface area contributed by atoms with Gasteiger partial charge < -0.3 is 10.1 Å². The van der Waals surface area contributed by atoms with Gasteiger partial charge in [0.2, 0.25) is 20.0 Å². The second kappa shape index (κ2) is 11.5. The smallest absolute Gasteiger partial charge is 0.252 e. The lowest BCUT2D eigenvalue weighted by molar-refractivity contribution is 0.0947. The van der Waals surface area contributed by atoms with Gasteiger partial charge in [0.15, 0.2) is 0 Å². The Balaban J connectivity index is 1.32. The molecule has 0 atom stereocenters. The number of carbonyl (C=O) groups excluding carboxylic acids is 1. The minimum absolute atomic E-state index is 0.0409. The molecule has 2 aromatic rings. The molecule has 196 valence electrons. The molecule has 0 bridgehead atoms. The molecule has 2 fully saturated rings. The number of halogens is 1. The van der Waals surface area contributed by atoms with E-state index in [2.05, 4.69) is 5.32 Å². The molecule has 2 aliphatic heterocycles. The van der Waals surface area contributed by atoms with Crippen molar-refractivity contribution in [2.75, 3.05) is 39.3 Å². The van der Waals surface area contributed by atoms with E-state index in [9.17, 15) is 21.6 Å². The molecule has 2 aromatic carbocycles. The van der Waals surface area contributed by atoms with Crippen molar-refractivity contribution in [3.05, 3.63) is 53.1 Å². The Bertz CT molecular complexity index is 1290. The van der Waals surface area contributed by atoms with Crippen molar-refractivity contribution in [2.24, 2.45) is 0 Å². The second-order valence-corrected chi connectivity index (χ2v) is 13.1. The van der Waals surface area contributed by atoms with Crippen LogP contribution in [0.1, 0.15) is 42.5 Å². The van der Waals surface area contributed by atoms with Gasteiger partial charge in [0.1, 0.15) is 12.4 Å². The fraction of sp³-hybridized carbons (Fsp3) is 0.458. The summed E-state index contributed by atoms with van der Waals surface area (Å²) in [6, 6.07) is 10.3. The number of piperidine rings is 1. The van der Waals surface area contributed by atoms with Crippen LogP contribution in [0.4, 0.5) is 0 Å². The zero-order valence-electron chi connectivity index (χ0n) is 19.9. The summed E-state index contributed by atoms with van der Waals surface area (Å²) in [6.07, 6.45) is 4.38. The van der Waals surface area contributed by atoms with E-state index in [0.717, 1.165) is 32.1 Å². The third-order valence-electron chi connectivity index (χ3n) is 6.32. The molecule has 1 amide bonds. The lowest BCUT2D eigenvalue weighted by atomic mass is 10.2. The monoisotopic (exact) mass is 555 g/mol. The van der Waals surface area contributed by atoms with Crippen molar-refractivity contribution in [1.29, 1.82) is 0 Å². The van der Waals surface area contributed by atoms with Gasteiger partial charge in [-0.15, -0.1) is 0 Å². The SMILES string of the molecule is O=C(NCCOc1ccc(S(=O)(=O)N2CCCC2)cc1)c1cc(S(=O)(=O)N2CCCCC2)ccc1Cl. The standard InChI is InChI=1S/C24H30ClN3O6S2/c25-23-11-10-21(36(32,33)28-13-2-1-3-14-28)18-22(23)24(29)26-12-17-34-19-6-8-20(9-7-19)35(30,31)27-15-4-5-16-27/h6-11,18H,1-5,12-17H2,(H,26,29). The number of nitrogens with zero attached hydrogens (tertiary/aromatic N) is 2. The summed E-state index contributed by atoms with van der Waals surface area (Å²) in [7, 11) is -7.18. The van der Waals surface area contributed by atoms with Crippen LogP contribution in [0.5, 0.6) is 5.75 Å². The van der Waals surface area contributed by atoms with Gasteiger partial charge in [0, 0.05) is 26.2 Å². The average molecular weight is 556 g/mol. The molecule has 2 heterocycles. The minimum Gasteiger partial charge on any atom is -0.492 e. The molecule has 9 nitrogen and oxygen atoms in total. The number of benzene rings is 2. The summed E-state index contributed by atoms with van der Waals surface area (Å²) in [5.41, 5.74) is 0.0752. The summed E-state index contributed by atoms with van der Waals surface area (Å²) in [5.74, 6) is -0.0383. The first kappa shape index (κ1) is 26.9. The Morgan fingerprint density at radius 2 is 1.33 bits per heavy atom. The Labute approximate surface area is 217 Å². The maximum atomic E-state index is 12.9. The highest BCUT2D eigenvalue weighted by Gasteiger charge is 2.28. The molecule has 2 saturated heterocycles. The number of amides is 1. The van der Waals surface area contributed by atoms with Gasteiger partial charge in [-0.25, -0.2) is 16.8 Å². The summed E-state index contributed by atoms with van der Waals surface area (Å²) >= 11 is 6.18. The van der Waals surface area contributed by atoms with Gasteiger partial charge in [-0.1, -0.05) is 18.0 Å². The van der Waals surface area contributed by atoms with Gasteiger partial charge in [-0.3, -0.25) is 4.79 Å². The molecule has 0 radical (unpaired) electrons.